The Morgan fingerprint density at radius 1 is 1.00 bits per heavy atom. The van der Waals surface area contributed by atoms with Crippen LogP contribution in [0.15, 0.2) is 40.9 Å². The van der Waals surface area contributed by atoms with E-state index in [1.54, 1.807) is 0 Å². The third-order valence-corrected chi connectivity index (χ3v) is 3.47. The molecule has 0 aliphatic rings. The van der Waals surface area contributed by atoms with Crippen LogP contribution < -0.4 is 5.73 Å². The van der Waals surface area contributed by atoms with Crippen LogP contribution >= 0.6 is 15.9 Å². The molecule has 21 heavy (non-hydrogen) atoms. The molecule has 0 amide bonds. The van der Waals surface area contributed by atoms with Gasteiger partial charge in [0, 0.05) is 10.0 Å². The number of rotatable bonds is 2. The summed E-state index contributed by atoms with van der Waals surface area (Å²) in [6, 6.07) is 5.16. The van der Waals surface area contributed by atoms with Gasteiger partial charge in [-0.2, -0.15) is 13.2 Å². The first-order chi connectivity index (χ1) is 9.71. The van der Waals surface area contributed by atoms with E-state index in [0.29, 0.717) is 0 Å². The van der Waals surface area contributed by atoms with Gasteiger partial charge in [-0.05, 0) is 23.8 Å². The van der Waals surface area contributed by atoms with E-state index in [4.69, 9.17) is 5.73 Å². The fourth-order valence-electron chi connectivity index (χ4n) is 1.97. The van der Waals surface area contributed by atoms with Crippen molar-refractivity contribution in [1.82, 2.24) is 0 Å². The van der Waals surface area contributed by atoms with Gasteiger partial charge in [-0.15, -0.1) is 0 Å². The van der Waals surface area contributed by atoms with Crippen molar-refractivity contribution in [1.29, 1.82) is 0 Å². The van der Waals surface area contributed by atoms with Crippen LogP contribution in [0.5, 0.6) is 0 Å². The molecule has 112 valence electrons. The first-order valence-corrected chi connectivity index (χ1v) is 6.57. The zero-order valence-corrected chi connectivity index (χ0v) is 12.0. The van der Waals surface area contributed by atoms with Gasteiger partial charge in [-0.25, -0.2) is 8.78 Å². The zero-order valence-electron chi connectivity index (χ0n) is 10.4. The van der Waals surface area contributed by atoms with E-state index in [0.717, 1.165) is 24.3 Å². The van der Waals surface area contributed by atoms with Crippen LogP contribution in [0.2, 0.25) is 0 Å². The summed E-state index contributed by atoms with van der Waals surface area (Å²) in [5.74, 6) is -2.41. The first-order valence-electron chi connectivity index (χ1n) is 5.78. The molecule has 1 nitrogen and oxygen atoms in total. The second-order valence-corrected chi connectivity index (χ2v) is 5.27. The first kappa shape index (κ1) is 15.9. The third kappa shape index (κ3) is 3.24. The number of hydrogen-bond donors (Lipinski definition) is 1. The van der Waals surface area contributed by atoms with Crippen molar-refractivity contribution in [2.24, 2.45) is 5.73 Å². The molecule has 0 spiro atoms. The van der Waals surface area contributed by atoms with Crippen LogP contribution in [0.1, 0.15) is 22.7 Å². The highest BCUT2D eigenvalue weighted by Crippen LogP contribution is 2.37. The number of alkyl halides is 3. The second kappa shape index (κ2) is 5.73. The molecular formula is C14H9BrF5N. The van der Waals surface area contributed by atoms with Gasteiger partial charge in [0.25, 0.3) is 0 Å². The van der Waals surface area contributed by atoms with Crippen LogP contribution in [0.25, 0.3) is 0 Å². The Morgan fingerprint density at radius 3 is 2.29 bits per heavy atom. The van der Waals surface area contributed by atoms with Crippen molar-refractivity contribution in [3.8, 4) is 0 Å². The van der Waals surface area contributed by atoms with E-state index in [1.165, 1.54) is 12.1 Å². The third-order valence-electron chi connectivity index (χ3n) is 2.97. The largest absolute Gasteiger partial charge is 0.416 e. The predicted molar refractivity (Wildman–Crippen MR) is 71.5 cm³/mol. The average molecular weight is 366 g/mol. The van der Waals surface area contributed by atoms with Crippen molar-refractivity contribution in [2.45, 2.75) is 12.2 Å². The quantitative estimate of drug-likeness (QED) is 0.760. The number of nitrogens with two attached hydrogens (primary N) is 1. The highest BCUT2D eigenvalue weighted by atomic mass is 79.9. The highest BCUT2D eigenvalue weighted by Gasteiger charge is 2.35. The molecule has 2 aromatic rings. The van der Waals surface area contributed by atoms with Crippen LogP contribution in [-0.4, -0.2) is 0 Å². The average Bonchev–Trinajstić information content (AvgIpc) is 2.40. The van der Waals surface area contributed by atoms with Crippen LogP contribution in [0.4, 0.5) is 22.0 Å². The van der Waals surface area contributed by atoms with Crippen LogP contribution in [0, 0.1) is 11.6 Å². The molecule has 0 saturated heterocycles. The molecule has 1 unspecified atom stereocenters. The molecule has 0 aliphatic carbocycles. The lowest BCUT2D eigenvalue weighted by Gasteiger charge is -2.19. The normalized spacial score (nSPS) is 13.3. The van der Waals surface area contributed by atoms with Crippen molar-refractivity contribution in [2.75, 3.05) is 0 Å². The summed E-state index contributed by atoms with van der Waals surface area (Å²) in [6.07, 6.45) is -4.65. The summed E-state index contributed by atoms with van der Waals surface area (Å²) in [5.41, 5.74) is 4.06. The van der Waals surface area contributed by atoms with Crippen molar-refractivity contribution >= 4 is 15.9 Å². The van der Waals surface area contributed by atoms with E-state index in [1.807, 2.05) is 0 Å². The second-order valence-electron chi connectivity index (χ2n) is 4.35. The maximum absolute atomic E-state index is 13.7. The fraction of sp³-hybridized carbons (Fsp3) is 0.143. The Bertz CT molecular complexity index is 669. The van der Waals surface area contributed by atoms with Gasteiger partial charge >= 0.3 is 6.18 Å². The molecule has 2 N–H and O–H groups in total. The molecule has 1 atom stereocenters. The van der Waals surface area contributed by atoms with Crippen molar-refractivity contribution < 1.29 is 22.0 Å². The smallest absolute Gasteiger partial charge is 0.320 e. The van der Waals surface area contributed by atoms with Gasteiger partial charge in [0.1, 0.15) is 0 Å². The van der Waals surface area contributed by atoms with E-state index in [2.05, 4.69) is 15.9 Å². The molecule has 7 heteroatoms. The number of benzene rings is 2. The molecule has 0 aliphatic heterocycles. The Morgan fingerprint density at radius 2 is 1.67 bits per heavy atom. The Hall–Kier alpha value is -1.47. The van der Waals surface area contributed by atoms with E-state index in [9.17, 15) is 22.0 Å². The summed E-state index contributed by atoms with van der Waals surface area (Å²) in [5, 5.41) is 0. The summed E-state index contributed by atoms with van der Waals surface area (Å²) in [7, 11) is 0. The maximum Gasteiger partial charge on any atom is 0.416 e. The molecule has 0 saturated carbocycles. The van der Waals surface area contributed by atoms with Crippen molar-refractivity contribution in [3.63, 3.8) is 0 Å². The molecule has 2 aromatic carbocycles. The van der Waals surface area contributed by atoms with E-state index in [-0.39, 0.29) is 15.6 Å². The Kier molecular flexibility index (Phi) is 4.34. The predicted octanol–water partition coefficient (Wildman–Crippen LogP) is 4.79. The SMILES string of the molecule is NC(c1ccc(Br)cc1C(F)(F)F)c1cccc(F)c1F. The monoisotopic (exact) mass is 365 g/mol. The van der Waals surface area contributed by atoms with Gasteiger partial charge in [0.2, 0.25) is 0 Å². The minimum Gasteiger partial charge on any atom is -0.320 e. The topological polar surface area (TPSA) is 26.0 Å². The molecule has 0 heterocycles. The number of halogens is 6. The molecule has 0 bridgehead atoms. The lowest BCUT2D eigenvalue weighted by atomic mass is 9.94. The standard InChI is InChI=1S/C14H9BrF5N/c15-7-4-5-8(10(6-7)14(18,19)20)13(21)9-2-1-3-11(16)12(9)17/h1-6,13H,21H2. The lowest BCUT2D eigenvalue weighted by molar-refractivity contribution is -0.138. The summed E-state index contributed by atoms with van der Waals surface area (Å²) < 4.78 is 66.2. The van der Waals surface area contributed by atoms with Gasteiger partial charge in [0.15, 0.2) is 11.6 Å². The number of hydrogen-bond acceptors (Lipinski definition) is 1. The molecule has 2 rings (SSSR count). The molecule has 0 fully saturated rings. The fourth-order valence-corrected chi connectivity index (χ4v) is 2.33. The van der Waals surface area contributed by atoms with Gasteiger partial charge in [-0.3, -0.25) is 0 Å². The minimum absolute atomic E-state index is 0.213. The Labute approximate surface area is 125 Å². The molecule has 0 aromatic heterocycles. The maximum atomic E-state index is 13.7. The van der Waals surface area contributed by atoms with Gasteiger partial charge in [-0.1, -0.05) is 34.1 Å². The Balaban J connectivity index is 2.59. The van der Waals surface area contributed by atoms with Crippen molar-refractivity contribution in [3.05, 3.63) is 69.2 Å². The van der Waals surface area contributed by atoms with Gasteiger partial charge in [0.05, 0.1) is 11.6 Å². The van der Waals surface area contributed by atoms with Crippen LogP contribution in [0.3, 0.4) is 0 Å². The molecular weight excluding hydrogens is 357 g/mol. The van der Waals surface area contributed by atoms with E-state index >= 15 is 0 Å². The summed E-state index contributed by atoms with van der Waals surface area (Å²) >= 11 is 2.95. The summed E-state index contributed by atoms with van der Waals surface area (Å²) in [6.45, 7) is 0. The van der Waals surface area contributed by atoms with Crippen LogP contribution in [-0.2, 0) is 6.18 Å². The van der Waals surface area contributed by atoms with Gasteiger partial charge < -0.3 is 5.73 Å². The highest BCUT2D eigenvalue weighted by molar-refractivity contribution is 9.10. The summed E-state index contributed by atoms with van der Waals surface area (Å²) in [4.78, 5) is 0. The zero-order chi connectivity index (χ0) is 15.8. The minimum atomic E-state index is -4.65. The lowest BCUT2D eigenvalue weighted by Crippen LogP contribution is -2.20. The molecule has 0 radical (unpaired) electrons. The van der Waals surface area contributed by atoms with E-state index < -0.39 is 29.4 Å².